The van der Waals surface area contributed by atoms with Gasteiger partial charge in [-0.05, 0) is 31.0 Å². The number of aliphatic hydroxyl groups is 2. The van der Waals surface area contributed by atoms with Crippen molar-refractivity contribution >= 4 is 16.9 Å². The molecular weight excluding hydrogens is 258 g/mol. The van der Waals surface area contributed by atoms with E-state index in [9.17, 15) is 15.0 Å². The van der Waals surface area contributed by atoms with Crippen molar-refractivity contribution in [3.05, 3.63) is 35.0 Å². The van der Waals surface area contributed by atoms with Crippen molar-refractivity contribution in [3.8, 4) is 0 Å². The summed E-state index contributed by atoms with van der Waals surface area (Å²) in [6, 6.07) is 3.57. The number of aryl methyl sites for hydroxylation is 1. The largest absolute Gasteiger partial charge is 0.478 e. The van der Waals surface area contributed by atoms with Crippen LogP contribution in [0, 0.1) is 0 Å². The summed E-state index contributed by atoms with van der Waals surface area (Å²) in [5, 5.41) is 29.1. The first-order chi connectivity index (χ1) is 9.49. The van der Waals surface area contributed by atoms with Crippen molar-refractivity contribution in [1.82, 2.24) is 4.57 Å². The number of hydrogen-bond donors (Lipinski definition) is 3. The lowest BCUT2D eigenvalue weighted by molar-refractivity contribution is 0.0698. The Morgan fingerprint density at radius 3 is 2.60 bits per heavy atom. The molecule has 1 aromatic heterocycles. The van der Waals surface area contributed by atoms with E-state index in [1.165, 1.54) is 0 Å². The summed E-state index contributed by atoms with van der Waals surface area (Å²) in [4.78, 5) is 11.5. The van der Waals surface area contributed by atoms with Gasteiger partial charge in [0.2, 0.25) is 0 Å². The molecule has 5 heteroatoms. The number of carboxylic acid groups (broad SMARTS) is 1. The number of aliphatic hydroxyl groups excluding tert-OH is 2. The van der Waals surface area contributed by atoms with Crippen LogP contribution < -0.4 is 0 Å². The number of aromatic nitrogens is 1. The highest BCUT2D eigenvalue weighted by Gasteiger charge is 2.19. The molecular formula is C15H19NO4. The van der Waals surface area contributed by atoms with E-state index < -0.39 is 12.1 Å². The molecule has 20 heavy (non-hydrogen) atoms. The summed E-state index contributed by atoms with van der Waals surface area (Å²) in [5.74, 6) is -1.00. The molecule has 0 aliphatic heterocycles. The molecule has 0 spiro atoms. The van der Waals surface area contributed by atoms with Crippen LogP contribution in [0.25, 0.3) is 10.9 Å². The zero-order valence-corrected chi connectivity index (χ0v) is 11.6. The summed E-state index contributed by atoms with van der Waals surface area (Å²) in [6.45, 7) is 3.82. The van der Waals surface area contributed by atoms with Crippen molar-refractivity contribution in [2.45, 2.75) is 32.9 Å². The summed E-state index contributed by atoms with van der Waals surface area (Å²) in [5.41, 5.74) is 2.36. The van der Waals surface area contributed by atoms with Crippen LogP contribution in [0.2, 0.25) is 0 Å². The Kier molecular flexibility index (Phi) is 4.11. The monoisotopic (exact) mass is 277 g/mol. The van der Waals surface area contributed by atoms with E-state index in [1.807, 2.05) is 13.0 Å². The van der Waals surface area contributed by atoms with Crippen LogP contribution in [0.4, 0.5) is 0 Å². The van der Waals surface area contributed by atoms with Crippen LogP contribution in [0.3, 0.4) is 0 Å². The third-order valence-corrected chi connectivity index (χ3v) is 3.49. The van der Waals surface area contributed by atoms with Gasteiger partial charge in [0.1, 0.15) is 0 Å². The molecule has 1 heterocycles. The van der Waals surface area contributed by atoms with E-state index in [4.69, 9.17) is 5.11 Å². The van der Waals surface area contributed by atoms with Crippen LogP contribution in [0.5, 0.6) is 0 Å². The number of aromatic carboxylic acids is 1. The zero-order valence-electron chi connectivity index (χ0n) is 11.6. The van der Waals surface area contributed by atoms with Crippen LogP contribution in [0.1, 0.15) is 41.4 Å². The van der Waals surface area contributed by atoms with Crippen molar-refractivity contribution in [2.24, 2.45) is 0 Å². The van der Waals surface area contributed by atoms with Gasteiger partial charge in [0, 0.05) is 23.7 Å². The predicted octanol–water partition coefficient (Wildman–Crippen LogP) is 1.95. The van der Waals surface area contributed by atoms with Crippen molar-refractivity contribution in [3.63, 3.8) is 0 Å². The molecule has 0 aliphatic rings. The lowest BCUT2D eigenvalue weighted by Gasteiger charge is -2.08. The average molecular weight is 277 g/mol. The minimum absolute atomic E-state index is 0.0857. The molecule has 1 unspecified atom stereocenters. The van der Waals surface area contributed by atoms with Crippen LogP contribution in [-0.4, -0.2) is 32.5 Å². The second-order valence-corrected chi connectivity index (χ2v) is 4.88. The maximum Gasteiger partial charge on any atom is 0.337 e. The summed E-state index contributed by atoms with van der Waals surface area (Å²) >= 11 is 0. The molecule has 0 fully saturated rings. The van der Waals surface area contributed by atoms with E-state index in [-0.39, 0.29) is 12.2 Å². The van der Waals surface area contributed by atoms with Crippen LogP contribution >= 0.6 is 0 Å². The van der Waals surface area contributed by atoms with E-state index in [0.717, 1.165) is 17.4 Å². The highest BCUT2D eigenvalue weighted by atomic mass is 16.4. The molecule has 0 radical (unpaired) electrons. The van der Waals surface area contributed by atoms with Gasteiger partial charge in [-0.3, -0.25) is 0 Å². The van der Waals surface area contributed by atoms with Crippen LogP contribution in [0.15, 0.2) is 18.3 Å². The lowest BCUT2D eigenvalue weighted by atomic mass is 10.0. The molecule has 0 amide bonds. The minimum Gasteiger partial charge on any atom is -0.478 e. The SMILES string of the molecule is CCc1cc(C(=O)O)c2c(c1)c(C(C)O)cn2CCO. The average Bonchev–Trinajstić information content (AvgIpc) is 2.77. The second kappa shape index (κ2) is 5.64. The van der Waals surface area contributed by atoms with E-state index >= 15 is 0 Å². The molecule has 108 valence electrons. The van der Waals surface area contributed by atoms with Crippen molar-refractivity contribution in [1.29, 1.82) is 0 Å². The Morgan fingerprint density at radius 1 is 1.40 bits per heavy atom. The maximum atomic E-state index is 11.5. The van der Waals surface area contributed by atoms with Crippen molar-refractivity contribution < 1.29 is 20.1 Å². The van der Waals surface area contributed by atoms with Gasteiger partial charge >= 0.3 is 5.97 Å². The molecule has 0 saturated heterocycles. The standard InChI is InChI=1S/C15H19NO4/c1-3-10-6-11-13(9(2)18)8-16(4-5-17)14(11)12(7-10)15(19)20/h6-9,17-18H,3-5H2,1-2H3,(H,19,20). The Balaban J connectivity index is 2.84. The lowest BCUT2D eigenvalue weighted by Crippen LogP contribution is -2.06. The van der Waals surface area contributed by atoms with Gasteiger partial charge in [-0.1, -0.05) is 6.92 Å². The number of carboxylic acids is 1. The van der Waals surface area contributed by atoms with Gasteiger partial charge in [-0.25, -0.2) is 4.79 Å². The van der Waals surface area contributed by atoms with Crippen molar-refractivity contribution in [2.75, 3.05) is 6.61 Å². The smallest absolute Gasteiger partial charge is 0.337 e. The third kappa shape index (κ3) is 2.42. The number of rotatable bonds is 5. The number of fused-ring (bicyclic) bond motifs is 1. The fourth-order valence-electron chi connectivity index (χ4n) is 2.51. The Bertz CT molecular complexity index is 643. The van der Waals surface area contributed by atoms with Gasteiger partial charge in [0.05, 0.1) is 23.8 Å². The van der Waals surface area contributed by atoms with Gasteiger partial charge in [0.15, 0.2) is 0 Å². The molecule has 0 aliphatic carbocycles. The van der Waals surface area contributed by atoms with Gasteiger partial charge in [0.25, 0.3) is 0 Å². The molecule has 2 aromatic rings. The zero-order chi connectivity index (χ0) is 14.9. The molecule has 2 rings (SSSR count). The fraction of sp³-hybridized carbons (Fsp3) is 0.400. The van der Waals surface area contributed by atoms with Crippen LogP contribution in [-0.2, 0) is 13.0 Å². The third-order valence-electron chi connectivity index (χ3n) is 3.49. The maximum absolute atomic E-state index is 11.5. The molecule has 5 nitrogen and oxygen atoms in total. The number of carbonyl (C=O) groups is 1. The van der Waals surface area contributed by atoms with E-state index in [1.54, 1.807) is 23.8 Å². The molecule has 0 saturated carbocycles. The first-order valence-electron chi connectivity index (χ1n) is 6.67. The number of hydrogen-bond acceptors (Lipinski definition) is 3. The Morgan fingerprint density at radius 2 is 2.10 bits per heavy atom. The predicted molar refractivity (Wildman–Crippen MR) is 76.0 cm³/mol. The number of nitrogens with zero attached hydrogens (tertiary/aromatic N) is 1. The first kappa shape index (κ1) is 14.6. The first-order valence-corrected chi connectivity index (χ1v) is 6.67. The quantitative estimate of drug-likeness (QED) is 0.780. The van der Waals surface area contributed by atoms with E-state index in [0.29, 0.717) is 17.6 Å². The van der Waals surface area contributed by atoms with Gasteiger partial charge < -0.3 is 19.9 Å². The Hall–Kier alpha value is -1.85. The van der Waals surface area contributed by atoms with Gasteiger partial charge in [-0.15, -0.1) is 0 Å². The molecule has 1 atom stereocenters. The molecule has 3 N–H and O–H groups in total. The molecule has 1 aromatic carbocycles. The summed E-state index contributed by atoms with van der Waals surface area (Å²) < 4.78 is 1.69. The summed E-state index contributed by atoms with van der Waals surface area (Å²) in [6.07, 6.45) is 1.75. The Labute approximate surface area is 117 Å². The normalized spacial score (nSPS) is 12.8. The second-order valence-electron chi connectivity index (χ2n) is 4.88. The van der Waals surface area contributed by atoms with E-state index in [2.05, 4.69) is 0 Å². The summed E-state index contributed by atoms with van der Waals surface area (Å²) in [7, 11) is 0. The van der Waals surface area contributed by atoms with Gasteiger partial charge in [-0.2, -0.15) is 0 Å². The topological polar surface area (TPSA) is 82.7 Å². The fourth-order valence-corrected chi connectivity index (χ4v) is 2.51. The highest BCUT2D eigenvalue weighted by Crippen LogP contribution is 2.30. The highest BCUT2D eigenvalue weighted by molar-refractivity contribution is 6.04. The minimum atomic E-state index is -1.00. The number of benzene rings is 1. The molecule has 0 bridgehead atoms.